The fraction of sp³-hybridized carbons (Fsp3) is 0.0769. The maximum Gasteiger partial charge on any atom is 0.279 e. The Bertz CT molecular complexity index is 1580. The number of sulfonamides is 1. The lowest BCUT2D eigenvalue weighted by atomic mass is 10.0. The lowest BCUT2D eigenvalue weighted by Gasteiger charge is -2.25. The Kier molecular flexibility index (Phi) is 5.02. The van der Waals surface area contributed by atoms with Crippen molar-refractivity contribution in [3.05, 3.63) is 113 Å². The maximum absolute atomic E-state index is 14.0. The zero-order chi connectivity index (χ0) is 23.4. The van der Waals surface area contributed by atoms with Gasteiger partial charge in [-0.25, -0.2) is 12.7 Å². The van der Waals surface area contributed by atoms with Crippen molar-refractivity contribution in [2.45, 2.75) is 16.2 Å². The SMILES string of the molecule is O=C(N=C1S[C@H]2c3cccc4cccc(c34)[C@@H]2N1S(=O)(=O)c1ccc(Cl)cc1)c1ccccc1. The van der Waals surface area contributed by atoms with Gasteiger partial charge < -0.3 is 0 Å². The van der Waals surface area contributed by atoms with E-state index < -0.39 is 22.0 Å². The highest BCUT2D eigenvalue weighted by Gasteiger charge is 2.51. The summed E-state index contributed by atoms with van der Waals surface area (Å²) in [5, 5.41) is 2.54. The molecule has 4 aromatic carbocycles. The van der Waals surface area contributed by atoms with Gasteiger partial charge in [-0.3, -0.25) is 4.79 Å². The molecule has 0 aromatic heterocycles. The number of rotatable bonds is 3. The van der Waals surface area contributed by atoms with Crippen LogP contribution in [0.1, 0.15) is 32.8 Å². The summed E-state index contributed by atoms with van der Waals surface area (Å²) in [5.41, 5.74) is 2.37. The molecular weight excluding hydrogens is 488 g/mol. The molecule has 1 amide bonds. The Balaban J connectivity index is 1.54. The molecule has 2 atom stereocenters. The highest BCUT2D eigenvalue weighted by Crippen LogP contribution is 2.60. The molecule has 5 nitrogen and oxygen atoms in total. The van der Waals surface area contributed by atoms with E-state index in [0.717, 1.165) is 21.9 Å². The zero-order valence-electron chi connectivity index (χ0n) is 17.6. The molecule has 1 heterocycles. The first-order valence-corrected chi connectivity index (χ1v) is 13.3. The monoisotopic (exact) mass is 504 g/mol. The van der Waals surface area contributed by atoms with E-state index >= 15 is 0 Å². The number of carbonyl (C=O) groups is 1. The van der Waals surface area contributed by atoms with Gasteiger partial charge in [0, 0.05) is 10.6 Å². The summed E-state index contributed by atoms with van der Waals surface area (Å²) in [6.45, 7) is 0. The number of thioether (sulfide) groups is 1. The first-order chi connectivity index (χ1) is 16.4. The molecule has 2 aliphatic rings. The van der Waals surface area contributed by atoms with Gasteiger partial charge in [0.25, 0.3) is 15.9 Å². The smallest absolute Gasteiger partial charge is 0.267 e. The van der Waals surface area contributed by atoms with Crippen LogP contribution in [-0.2, 0) is 10.0 Å². The number of aliphatic imine (C=N–C) groups is 1. The summed E-state index contributed by atoms with van der Waals surface area (Å²) in [7, 11) is -4.03. The summed E-state index contributed by atoms with van der Waals surface area (Å²) in [6.07, 6.45) is 0. The number of amidine groups is 1. The second-order valence-corrected chi connectivity index (χ2v) is 11.5. The van der Waals surface area contributed by atoms with E-state index in [0.29, 0.717) is 10.6 Å². The summed E-state index contributed by atoms with van der Waals surface area (Å²) in [6, 6.07) is 26.2. The molecule has 0 radical (unpaired) electrons. The molecule has 0 unspecified atom stereocenters. The van der Waals surface area contributed by atoms with E-state index in [4.69, 9.17) is 11.6 Å². The number of fused-ring (bicyclic) bond motifs is 3. The Morgan fingerprint density at radius 3 is 2.24 bits per heavy atom. The van der Waals surface area contributed by atoms with Gasteiger partial charge in [-0.2, -0.15) is 4.99 Å². The molecule has 0 saturated carbocycles. The third-order valence-corrected chi connectivity index (χ3v) is 9.56. The van der Waals surface area contributed by atoms with Crippen LogP contribution in [0.15, 0.2) is 101 Å². The molecule has 6 rings (SSSR count). The van der Waals surface area contributed by atoms with Crippen molar-refractivity contribution in [2.75, 3.05) is 0 Å². The highest BCUT2D eigenvalue weighted by atomic mass is 35.5. The minimum atomic E-state index is -4.03. The van der Waals surface area contributed by atoms with E-state index in [2.05, 4.69) is 4.99 Å². The van der Waals surface area contributed by atoms with Crippen molar-refractivity contribution >= 4 is 55.2 Å². The maximum atomic E-state index is 14.0. The molecule has 1 aliphatic carbocycles. The molecule has 8 heteroatoms. The minimum Gasteiger partial charge on any atom is -0.267 e. The average molecular weight is 505 g/mol. The van der Waals surface area contributed by atoms with Crippen LogP contribution in [0.4, 0.5) is 0 Å². The van der Waals surface area contributed by atoms with Crippen LogP contribution >= 0.6 is 23.4 Å². The number of nitrogens with zero attached hydrogens (tertiary/aromatic N) is 2. The quantitative estimate of drug-likeness (QED) is 0.332. The molecule has 0 bridgehead atoms. The first kappa shape index (κ1) is 21.4. The minimum absolute atomic E-state index is 0.0983. The Hall–Kier alpha value is -3.13. The molecule has 0 spiro atoms. The van der Waals surface area contributed by atoms with Crippen molar-refractivity contribution in [3.8, 4) is 0 Å². The van der Waals surface area contributed by atoms with Crippen LogP contribution < -0.4 is 0 Å². The summed E-state index contributed by atoms with van der Waals surface area (Å²) >= 11 is 7.33. The van der Waals surface area contributed by atoms with E-state index in [1.165, 1.54) is 28.2 Å². The Morgan fingerprint density at radius 1 is 0.853 bits per heavy atom. The Labute approximate surface area is 206 Å². The third-order valence-electron chi connectivity index (χ3n) is 6.14. The van der Waals surface area contributed by atoms with Crippen molar-refractivity contribution in [1.82, 2.24) is 4.31 Å². The van der Waals surface area contributed by atoms with Gasteiger partial charge in [0.05, 0.1) is 16.2 Å². The molecule has 0 N–H and O–H groups in total. The van der Waals surface area contributed by atoms with E-state index in [1.807, 2.05) is 42.5 Å². The van der Waals surface area contributed by atoms with Crippen LogP contribution in [-0.4, -0.2) is 23.8 Å². The summed E-state index contributed by atoms with van der Waals surface area (Å²) in [4.78, 5) is 17.4. The zero-order valence-corrected chi connectivity index (χ0v) is 20.0. The van der Waals surface area contributed by atoms with Crippen molar-refractivity contribution in [3.63, 3.8) is 0 Å². The summed E-state index contributed by atoms with van der Waals surface area (Å²) in [5.74, 6) is -0.481. The fourth-order valence-electron chi connectivity index (χ4n) is 4.66. The van der Waals surface area contributed by atoms with Gasteiger partial charge >= 0.3 is 0 Å². The number of carbonyl (C=O) groups excluding carboxylic acids is 1. The largest absolute Gasteiger partial charge is 0.279 e. The predicted molar refractivity (Wildman–Crippen MR) is 136 cm³/mol. The first-order valence-electron chi connectivity index (χ1n) is 10.6. The van der Waals surface area contributed by atoms with Crippen LogP contribution in [0.3, 0.4) is 0 Å². The number of hydrogen-bond donors (Lipinski definition) is 0. The summed E-state index contributed by atoms with van der Waals surface area (Å²) < 4.78 is 29.2. The highest BCUT2D eigenvalue weighted by molar-refractivity contribution is 8.15. The van der Waals surface area contributed by atoms with E-state index in [1.54, 1.807) is 36.4 Å². The van der Waals surface area contributed by atoms with Gasteiger partial charge in [0.2, 0.25) is 0 Å². The lowest BCUT2D eigenvalue weighted by molar-refractivity contribution is 0.100. The normalized spacial score (nSPS) is 20.1. The second-order valence-electron chi connectivity index (χ2n) is 8.10. The fourth-order valence-corrected chi connectivity index (χ4v) is 8.07. The number of hydrogen-bond acceptors (Lipinski definition) is 4. The lowest BCUT2D eigenvalue weighted by Crippen LogP contribution is -2.34. The van der Waals surface area contributed by atoms with Crippen LogP contribution in [0, 0.1) is 0 Å². The third kappa shape index (κ3) is 3.27. The average Bonchev–Trinajstić information content (AvgIpc) is 3.37. The van der Waals surface area contributed by atoms with Gasteiger partial charge in [-0.15, -0.1) is 0 Å². The number of amides is 1. The molecule has 168 valence electrons. The van der Waals surface area contributed by atoms with Crippen LogP contribution in [0.5, 0.6) is 0 Å². The molecule has 1 aliphatic heterocycles. The van der Waals surface area contributed by atoms with E-state index in [-0.39, 0.29) is 15.3 Å². The van der Waals surface area contributed by atoms with E-state index in [9.17, 15) is 13.2 Å². The topological polar surface area (TPSA) is 66.8 Å². The van der Waals surface area contributed by atoms with Crippen LogP contribution in [0.25, 0.3) is 10.8 Å². The molecule has 34 heavy (non-hydrogen) atoms. The van der Waals surface area contributed by atoms with Gasteiger partial charge in [0.15, 0.2) is 5.17 Å². The molecule has 4 aromatic rings. The van der Waals surface area contributed by atoms with Crippen molar-refractivity contribution in [1.29, 1.82) is 0 Å². The molecule has 1 fully saturated rings. The van der Waals surface area contributed by atoms with Gasteiger partial charge in [-0.05, 0) is 58.3 Å². The Morgan fingerprint density at radius 2 is 1.53 bits per heavy atom. The second kappa shape index (κ2) is 7.98. The molecule has 1 saturated heterocycles. The number of benzene rings is 4. The molecular formula is C26H17ClN2O3S2. The number of halogens is 1. The van der Waals surface area contributed by atoms with Gasteiger partial charge in [0.1, 0.15) is 0 Å². The van der Waals surface area contributed by atoms with Crippen molar-refractivity contribution < 1.29 is 13.2 Å². The predicted octanol–water partition coefficient (Wildman–Crippen LogP) is 6.22. The van der Waals surface area contributed by atoms with Crippen molar-refractivity contribution in [2.24, 2.45) is 4.99 Å². The standard InChI is InChI=1S/C26H17ClN2O3S2/c27-18-12-14-19(15-13-18)34(31,32)29-23-20-10-4-8-16-9-5-11-21(22(16)20)24(23)33-26(29)28-25(30)17-6-2-1-3-7-17/h1-15,23-24H/t23-,24-/m0/s1. The van der Waals surface area contributed by atoms with Gasteiger partial charge in [-0.1, -0.05) is 78.0 Å². The van der Waals surface area contributed by atoms with Crippen LogP contribution in [0.2, 0.25) is 5.02 Å².